The summed E-state index contributed by atoms with van der Waals surface area (Å²) in [4.78, 5) is 32.4. The third kappa shape index (κ3) is 4.79. The Kier molecular flexibility index (Phi) is 7.51. The van der Waals surface area contributed by atoms with Crippen molar-refractivity contribution in [1.82, 2.24) is 4.57 Å². The zero-order valence-corrected chi connectivity index (χ0v) is 21.1. The number of nitrogens with zero attached hydrogens (tertiary/aromatic N) is 2. The lowest BCUT2D eigenvalue weighted by Gasteiger charge is -2.27. The molecule has 1 aliphatic heterocycles. The van der Waals surface area contributed by atoms with Crippen LogP contribution in [0.2, 0.25) is 0 Å². The highest BCUT2D eigenvalue weighted by Crippen LogP contribution is 2.38. The van der Waals surface area contributed by atoms with Crippen molar-refractivity contribution in [3.63, 3.8) is 0 Å². The molecule has 182 valence electrons. The van der Waals surface area contributed by atoms with Crippen molar-refractivity contribution in [3.8, 4) is 11.5 Å². The van der Waals surface area contributed by atoms with Crippen LogP contribution in [0.5, 0.6) is 11.5 Å². The molecule has 0 radical (unpaired) electrons. The smallest absolute Gasteiger partial charge is 0.338 e. The maximum atomic E-state index is 13.8. The van der Waals surface area contributed by atoms with Gasteiger partial charge in [0.1, 0.15) is 17.5 Å². The van der Waals surface area contributed by atoms with E-state index in [-0.39, 0.29) is 12.2 Å². The second-order valence-electron chi connectivity index (χ2n) is 7.93. The number of carbonyl (C=O) groups excluding carboxylic acids is 1. The Bertz CT molecular complexity index is 1440. The van der Waals surface area contributed by atoms with Gasteiger partial charge in [-0.05, 0) is 43.2 Å². The summed E-state index contributed by atoms with van der Waals surface area (Å²) in [6, 6.07) is 14.2. The second kappa shape index (κ2) is 10.7. The molecule has 0 saturated carbocycles. The van der Waals surface area contributed by atoms with Crippen LogP contribution in [0.3, 0.4) is 0 Å². The lowest BCUT2D eigenvalue weighted by atomic mass is 9.93. The van der Waals surface area contributed by atoms with Crippen LogP contribution in [0.25, 0.3) is 6.08 Å². The molecule has 0 N–H and O–H groups in total. The molecular formula is C27H28N2O5S. The van der Waals surface area contributed by atoms with Crippen molar-refractivity contribution >= 4 is 23.4 Å². The molecule has 0 saturated heterocycles. The monoisotopic (exact) mass is 492 g/mol. The van der Waals surface area contributed by atoms with Gasteiger partial charge in [-0.1, -0.05) is 55.0 Å². The molecule has 1 aliphatic rings. The number of rotatable bonds is 8. The fraction of sp³-hybridized carbons (Fsp3) is 0.296. The van der Waals surface area contributed by atoms with Gasteiger partial charge in [-0.3, -0.25) is 9.36 Å². The molecule has 35 heavy (non-hydrogen) atoms. The molecule has 8 heteroatoms. The molecule has 1 aromatic heterocycles. The van der Waals surface area contributed by atoms with E-state index in [1.54, 1.807) is 43.9 Å². The molecule has 4 rings (SSSR count). The number of carbonyl (C=O) groups is 1. The number of aromatic nitrogens is 1. The van der Waals surface area contributed by atoms with E-state index in [1.165, 1.54) is 11.3 Å². The topological polar surface area (TPSA) is 79.1 Å². The van der Waals surface area contributed by atoms with Crippen molar-refractivity contribution < 1.29 is 19.0 Å². The van der Waals surface area contributed by atoms with Crippen molar-refractivity contribution in [1.29, 1.82) is 0 Å². The summed E-state index contributed by atoms with van der Waals surface area (Å²) < 4.78 is 18.7. The highest BCUT2D eigenvalue weighted by molar-refractivity contribution is 7.07. The van der Waals surface area contributed by atoms with Gasteiger partial charge < -0.3 is 14.2 Å². The summed E-state index contributed by atoms with van der Waals surface area (Å²) in [5.74, 6) is 0.629. The van der Waals surface area contributed by atoms with Crippen LogP contribution >= 0.6 is 11.3 Å². The molecule has 0 unspecified atom stereocenters. The summed E-state index contributed by atoms with van der Waals surface area (Å²) in [5.41, 5.74) is 2.27. The first-order valence-corrected chi connectivity index (χ1v) is 12.3. The van der Waals surface area contributed by atoms with E-state index in [0.29, 0.717) is 44.1 Å². The van der Waals surface area contributed by atoms with E-state index in [9.17, 15) is 9.59 Å². The van der Waals surface area contributed by atoms with E-state index in [0.717, 1.165) is 12.0 Å². The molecule has 2 heterocycles. The number of methoxy groups -OCH3 is 2. The van der Waals surface area contributed by atoms with Gasteiger partial charge in [-0.15, -0.1) is 0 Å². The van der Waals surface area contributed by atoms with Crippen LogP contribution in [0, 0.1) is 0 Å². The fourth-order valence-electron chi connectivity index (χ4n) is 4.17. The summed E-state index contributed by atoms with van der Waals surface area (Å²) in [5, 5.41) is 0. The van der Waals surface area contributed by atoms with Crippen LogP contribution in [-0.4, -0.2) is 31.4 Å². The Morgan fingerprint density at radius 2 is 1.89 bits per heavy atom. The lowest BCUT2D eigenvalue weighted by Crippen LogP contribution is -2.40. The Hall–Kier alpha value is -3.65. The number of fused-ring (bicyclic) bond motifs is 1. The van der Waals surface area contributed by atoms with Crippen LogP contribution in [-0.2, 0) is 9.53 Å². The molecule has 3 aromatic rings. The molecule has 0 aliphatic carbocycles. The zero-order chi connectivity index (χ0) is 24.9. The SMILES string of the molecule is CCCC1=C(C(=O)OCC)[C@@H](c2cc(OC)ccc2OC)n2c(sc(=Cc3ccccc3)c2=O)=N1. The predicted octanol–water partition coefficient (Wildman–Crippen LogP) is 3.60. The fourth-order valence-corrected chi connectivity index (χ4v) is 5.19. The van der Waals surface area contributed by atoms with Gasteiger partial charge in [-0.2, -0.15) is 0 Å². The van der Waals surface area contributed by atoms with Gasteiger partial charge in [0.2, 0.25) is 0 Å². The maximum absolute atomic E-state index is 13.8. The zero-order valence-electron chi connectivity index (χ0n) is 20.2. The average Bonchev–Trinajstić information content (AvgIpc) is 3.18. The van der Waals surface area contributed by atoms with Crippen molar-refractivity contribution in [2.24, 2.45) is 4.99 Å². The molecule has 0 amide bonds. The summed E-state index contributed by atoms with van der Waals surface area (Å²) in [6.45, 7) is 3.99. The van der Waals surface area contributed by atoms with Crippen molar-refractivity contribution in [2.45, 2.75) is 32.7 Å². The minimum Gasteiger partial charge on any atom is -0.497 e. The maximum Gasteiger partial charge on any atom is 0.338 e. The van der Waals surface area contributed by atoms with E-state index < -0.39 is 12.0 Å². The normalized spacial score (nSPS) is 15.4. The van der Waals surface area contributed by atoms with E-state index in [2.05, 4.69) is 0 Å². The van der Waals surface area contributed by atoms with Gasteiger partial charge in [-0.25, -0.2) is 9.79 Å². The van der Waals surface area contributed by atoms with Crippen LogP contribution in [0.1, 0.15) is 43.9 Å². The molecule has 0 spiro atoms. The number of allylic oxidation sites excluding steroid dienone is 1. The van der Waals surface area contributed by atoms with E-state index >= 15 is 0 Å². The Balaban J connectivity index is 2.06. The third-order valence-electron chi connectivity index (χ3n) is 5.72. The quantitative estimate of drug-likeness (QED) is 0.449. The number of esters is 1. The third-order valence-corrected chi connectivity index (χ3v) is 6.70. The van der Waals surface area contributed by atoms with E-state index in [4.69, 9.17) is 19.2 Å². The van der Waals surface area contributed by atoms with Gasteiger partial charge in [0.05, 0.1) is 36.6 Å². The molecule has 2 aromatic carbocycles. The molecular weight excluding hydrogens is 464 g/mol. The molecule has 0 bridgehead atoms. The highest BCUT2D eigenvalue weighted by atomic mass is 32.1. The first kappa shape index (κ1) is 24.5. The van der Waals surface area contributed by atoms with E-state index in [1.807, 2.05) is 43.3 Å². The number of thiazole rings is 1. The van der Waals surface area contributed by atoms with Crippen molar-refractivity contribution in [3.05, 3.63) is 90.6 Å². The van der Waals surface area contributed by atoms with Crippen LogP contribution in [0.15, 0.2) is 69.6 Å². The van der Waals surface area contributed by atoms with Gasteiger partial charge in [0.15, 0.2) is 4.80 Å². The number of ether oxygens (including phenoxy) is 3. The summed E-state index contributed by atoms with van der Waals surface area (Å²) in [6.07, 6.45) is 3.19. The molecule has 0 fully saturated rings. The van der Waals surface area contributed by atoms with Gasteiger partial charge in [0.25, 0.3) is 5.56 Å². The lowest BCUT2D eigenvalue weighted by molar-refractivity contribution is -0.139. The Labute approximate surface area is 207 Å². The second-order valence-corrected chi connectivity index (χ2v) is 8.94. The number of hydrogen-bond donors (Lipinski definition) is 0. The standard InChI is InChI=1S/C27H28N2O5S/c1-5-10-20-23(26(31)34-6-2)24(19-16-18(32-3)13-14-21(19)33-4)29-25(30)22(35-27(29)28-20)15-17-11-8-7-9-12-17/h7-9,11-16,24H,5-6,10H2,1-4H3/t24-/m1/s1. The van der Waals surface area contributed by atoms with Crippen LogP contribution < -0.4 is 24.4 Å². The van der Waals surface area contributed by atoms with Gasteiger partial charge in [0, 0.05) is 5.56 Å². The first-order chi connectivity index (χ1) is 17.0. The molecule has 1 atom stereocenters. The largest absolute Gasteiger partial charge is 0.497 e. The minimum atomic E-state index is -0.769. The molecule has 7 nitrogen and oxygen atoms in total. The minimum absolute atomic E-state index is 0.210. The number of hydrogen-bond acceptors (Lipinski definition) is 7. The van der Waals surface area contributed by atoms with Crippen LogP contribution in [0.4, 0.5) is 0 Å². The first-order valence-electron chi connectivity index (χ1n) is 11.5. The van der Waals surface area contributed by atoms with Gasteiger partial charge >= 0.3 is 5.97 Å². The predicted molar refractivity (Wildman–Crippen MR) is 136 cm³/mol. The summed E-state index contributed by atoms with van der Waals surface area (Å²) >= 11 is 1.31. The Morgan fingerprint density at radius 1 is 1.11 bits per heavy atom. The number of benzene rings is 2. The Morgan fingerprint density at radius 3 is 2.54 bits per heavy atom. The van der Waals surface area contributed by atoms with Crippen molar-refractivity contribution in [2.75, 3.05) is 20.8 Å². The summed E-state index contributed by atoms with van der Waals surface area (Å²) in [7, 11) is 3.13. The highest BCUT2D eigenvalue weighted by Gasteiger charge is 2.36. The average molecular weight is 493 g/mol.